The average molecular weight is 256 g/mol. The maximum atomic E-state index is 5.84. The second-order valence-electron chi connectivity index (χ2n) is 4.21. The van der Waals surface area contributed by atoms with E-state index in [9.17, 15) is 0 Å². The predicted octanol–water partition coefficient (Wildman–Crippen LogP) is 2.15. The molecule has 0 bridgehead atoms. The Kier molecular flexibility index (Phi) is 3.75. The maximum Gasteiger partial charge on any atom is 0.494 e. The molecular weight excluding hydrogens is 242 g/mol. The highest BCUT2D eigenvalue weighted by Gasteiger charge is 2.29. The summed E-state index contributed by atoms with van der Waals surface area (Å²) in [7, 11) is -0.529. The van der Waals surface area contributed by atoms with Crippen molar-refractivity contribution in [2.24, 2.45) is 0 Å². The zero-order valence-corrected chi connectivity index (χ0v) is 10.9. The van der Waals surface area contributed by atoms with Crippen LogP contribution in [0, 0.1) is 0 Å². The Hall–Kier alpha value is -1.15. The number of rotatable bonds is 2. The number of hydrogen-bond acceptors (Lipinski definition) is 2. The van der Waals surface area contributed by atoms with Crippen molar-refractivity contribution in [1.82, 2.24) is 0 Å². The van der Waals surface area contributed by atoms with Gasteiger partial charge in [-0.25, -0.2) is 0 Å². The summed E-state index contributed by atoms with van der Waals surface area (Å²) >= 11 is 0. The van der Waals surface area contributed by atoms with Gasteiger partial charge in [0.2, 0.25) is 0 Å². The van der Waals surface area contributed by atoms with Crippen LogP contribution in [-0.4, -0.2) is 19.8 Å². The van der Waals surface area contributed by atoms with Crippen LogP contribution in [0.2, 0.25) is 0 Å². The minimum absolute atomic E-state index is 0.200. The zero-order chi connectivity index (χ0) is 12.2. The molecule has 1 aliphatic heterocycles. The van der Waals surface area contributed by atoms with Crippen molar-refractivity contribution in [3.63, 3.8) is 0 Å². The van der Waals surface area contributed by atoms with Crippen molar-refractivity contribution in [3.8, 4) is 0 Å². The van der Waals surface area contributed by atoms with E-state index in [4.69, 9.17) is 9.31 Å². The van der Waals surface area contributed by atoms with E-state index in [0.29, 0.717) is 0 Å². The highest BCUT2D eigenvalue weighted by molar-refractivity contribution is 7.65. The SMILES string of the molecule is c1ccc(B2OCP(c3ccccc3)CO2)cc1. The molecule has 0 saturated carbocycles. The van der Waals surface area contributed by atoms with E-state index >= 15 is 0 Å². The Morgan fingerprint density at radius 3 is 1.94 bits per heavy atom. The third-order valence-electron chi connectivity index (χ3n) is 2.96. The first-order valence-electron chi connectivity index (χ1n) is 6.01. The third kappa shape index (κ3) is 2.64. The Morgan fingerprint density at radius 2 is 1.33 bits per heavy atom. The van der Waals surface area contributed by atoms with Gasteiger partial charge in [-0.3, -0.25) is 0 Å². The number of benzene rings is 2. The lowest BCUT2D eigenvalue weighted by molar-refractivity contribution is 0.246. The molecule has 1 aliphatic rings. The van der Waals surface area contributed by atoms with Gasteiger partial charge in [-0.1, -0.05) is 60.7 Å². The molecule has 0 aliphatic carbocycles. The Labute approximate surface area is 109 Å². The first-order chi connectivity index (χ1) is 8.93. The van der Waals surface area contributed by atoms with Crippen molar-refractivity contribution in [2.45, 2.75) is 0 Å². The molecule has 0 spiro atoms. The van der Waals surface area contributed by atoms with Gasteiger partial charge < -0.3 is 9.31 Å². The summed E-state index contributed by atoms with van der Waals surface area (Å²) in [6, 6.07) is 20.6. The van der Waals surface area contributed by atoms with Crippen molar-refractivity contribution in [2.75, 3.05) is 12.7 Å². The maximum absolute atomic E-state index is 5.84. The summed E-state index contributed by atoms with van der Waals surface area (Å²) in [5, 5.41) is 1.35. The molecule has 1 saturated heterocycles. The van der Waals surface area contributed by atoms with Gasteiger partial charge in [0.15, 0.2) is 0 Å². The molecule has 0 unspecified atom stereocenters. The monoisotopic (exact) mass is 256 g/mol. The fraction of sp³-hybridized carbons (Fsp3) is 0.143. The molecule has 2 nitrogen and oxygen atoms in total. The second-order valence-corrected chi connectivity index (χ2v) is 6.32. The van der Waals surface area contributed by atoms with Crippen LogP contribution in [0.3, 0.4) is 0 Å². The highest BCUT2D eigenvalue weighted by atomic mass is 31.1. The standard InChI is InChI=1S/C14H14BO2P/c1-3-7-13(8-4-1)15-16-11-18(12-17-15)14-9-5-2-6-10-14/h1-10H,11-12H2. The van der Waals surface area contributed by atoms with E-state index < -0.39 is 0 Å². The first-order valence-corrected chi connectivity index (χ1v) is 7.73. The van der Waals surface area contributed by atoms with E-state index in [-0.39, 0.29) is 15.0 Å². The van der Waals surface area contributed by atoms with Crippen LogP contribution in [0.1, 0.15) is 0 Å². The van der Waals surface area contributed by atoms with Gasteiger partial charge in [0, 0.05) is 0 Å². The molecule has 2 aromatic carbocycles. The lowest BCUT2D eigenvalue weighted by atomic mass is 9.79. The van der Waals surface area contributed by atoms with Crippen molar-refractivity contribution in [1.29, 1.82) is 0 Å². The summed E-state index contributed by atoms with van der Waals surface area (Å²) in [4.78, 5) is 0. The molecular formula is C14H14BO2P. The molecule has 18 heavy (non-hydrogen) atoms. The van der Waals surface area contributed by atoms with Gasteiger partial charge >= 0.3 is 7.12 Å². The molecule has 0 N–H and O–H groups in total. The molecule has 90 valence electrons. The third-order valence-corrected chi connectivity index (χ3v) is 4.91. The van der Waals surface area contributed by atoms with Crippen molar-refractivity contribution < 1.29 is 9.31 Å². The van der Waals surface area contributed by atoms with Gasteiger partial charge in [0.05, 0.1) is 12.7 Å². The molecule has 0 amide bonds. The van der Waals surface area contributed by atoms with Crippen LogP contribution < -0.4 is 10.8 Å². The molecule has 1 heterocycles. The second kappa shape index (κ2) is 5.66. The van der Waals surface area contributed by atoms with Crippen LogP contribution in [-0.2, 0) is 9.31 Å². The molecule has 4 heteroatoms. The van der Waals surface area contributed by atoms with Crippen LogP contribution in [0.4, 0.5) is 0 Å². The van der Waals surface area contributed by atoms with Crippen LogP contribution in [0.25, 0.3) is 0 Å². The summed E-state index contributed by atoms with van der Waals surface area (Å²) in [6.45, 7) is 0. The van der Waals surface area contributed by atoms with E-state index in [1.54, 1.807) is 0 Å². The zero-order valence-electron chi connectivity index (χ0n) is 10.0. The smallest absolute Gasteiger partial charge is 0.403 e. The fourth-order valence-corrected chi connectivity index (χ4v) is 3.59. The van der Waals surface area contributed by atoms with Crippen LogP contribution in [0.5, 0.6) is 0 Å². The summed E-state index contributed by atoms with van der Waals surface area (Å²) < 4.78 is 11.7. The molecule has 2 aromatic rings. The van der Waals surface area contributed by atoms with Gasteiger partial charge in [0.25, 0.3) is 0 Å². The summed E-state index contributed by atoms with van der Waals surface area (Å²) in [5.41, 5.74) is 1.10. The molecule has 1 fully saturated rings. The first kappa shape index (κ1) is 11.9. The Balaban J connectivity index is 1.65. The van der Waals surface area contributed by atoms with Crippen LogP contribution >= 0.6 is 7.92 Å². The van der Waals surface area contributed by atoms with E-state index in [2.05, 4.69) is 24.3 Å². The van der Waals surface area contributed by atoms with Crippen molar-refractivity contribution >= 4 is 25.8 Å². The van der Waals surface area contributed by atoms with E-state index in [0.717, 1.165) is 18.2 Å². The summed E-state index contributed by atoms with van der Waals surface area (Å²) in [5.74, 6) is 0. The normalized spacial score (nSPS) is 16.8. The van der Waals surface area contributed by atoms with Gasteiger partial charge in [-0.05, 0) is 18.7 Å². The Bertz CT molecular complexity index is 436. The van der Waals surface area contributed by atoms with Gasteiger partial charge in [-0.2, -0.15) is 0 Å². The van der Waals surface area contributed by atoms with Crippen LogP contribution in [0.15, 0.2) is 60.7 Å². The topological polar surface area (TPSA) is 18.5 Å². The number of hydrogen-bond donors (Lipinski definition) is 0. The van der Waals surface area contributed by atoms with E-state index in [1.165, 1.54) is 5.30 Å². The van der Waals surface area contributed by atoms with Crippen molar-refractivity contribution in [3.05, 3.63) is 60.7 Å². The lowest BCUT2D eigenvalue weighted by Crippen LogP contribution is -2.40. The molecule has 0 aromatic heterocycles. The Morgan fingerprint density at radius 1 is 0.778 bits per heavy atom. The largest absolute Gasteiger partial charge is 0.494 e. The van der Waals surface area contributed by atoms with Gasteiger partial charge in [-0.15, -0.1) is 0 Å². The quantitative estimate of drug-likeness (QED) is 0.605. The van der Waals surface area contributed by atoms with Gasteiger partial charge in [0.1, 0.15) is 0 Å². The minimum atomic E-state index is -0.328. The predicted molar refractivity (Wildman–Crippen MR) is 76.7 cm³/mol. The molecule has 0 atom stereocenters. The molecule has 3 rings (SSSR count). The lowest BCUT2D eigenvalue weighted by Gasteiger charge is -2.28. The minimum Gasteiger partial charge on any atom is -0.403 e. The van der Waals surface area contributed by atoms with E-state index in [1.807, 2.05) is 36.4 Å². The highest BCUT2D eigenvalue weighted by Crippen LogP contribution is 2.37. The summed E-state index contributed by atoms with van der Waals surface area (Å²) in [6.07, 6.45) is 1.55. The fourth-order valence-electron chi connectivity index (χ4n) is 1.99. The average Bonchev–Trinajstić information content (AvgIpc) is 2.49. The molecule has 0 radical (unpaired) electrons.